The number of nitrogens with zero attached hydrogens (tertiary/aromatic N) is 1. The number of hydrogen-bond donors (Lipinski definition) is 3. The van der Waals surface area contributed by atoms with Gasteiger partial charge in [-0.15, -0.1) is 0 Å². The van der Waals surface area contributed by atoms with Crippen LogP contribution in [0.4, 0.5) is 4.79 Å². The maximum Gasteiger partial charge on any atom is 0.410 e. The molecule has 8 nitrogen and oxygen atoms in total. The van der Waals surface area contributed by atoms with Crippen molar-refractivity contribution >= 4 is 12.0 Å². The minimum absolute atomic E-state index is 0.0110. The molecule has 2 aliphatic heterocycles. The first kappa shape index (κ1) is 23.2. The minimum Gasteiger partial charge on any atom is -0.445 e. The van der Waals surface area contributed by atoms with E-state index in [9.17, 15) is 9.59 Å². The molecule has 2 unspecified atom stereocenters. The molecule has 0 radical (unpaired) electrons. The van der Waals surface area contributed by atoms with Gasteiger partial charge in [0.25, 0.3) is 0 Å². The fourth-order valence-electron chi connectivity index (χ4n) is 4.15. The molecule has 0 saturated carbocycles. The van der Waals surface area contributed by atoms with Crippen molar-refractivity contribution in [2.75, 3.05) is 19.6 Å². The minimum atomic E-state index is -0.337. The molecule has 2 heterocycles. The van der Waals surface area contributed by atoms with Gasteiger partial charge in [0.05, 0.1) is 12.6 Å². The van der Waals surface area contributed by atoms with E-state index >= 15 is 0 Å². The first-order valence-corrected chi connectivity index (χ1v) is 11.6. The van der Waals surface area contributed by atoms with Gasteiger partial charge in [0.1, 0.15) is 6.61 Å². The highest BCUT2D eigenvalue weighted by molar-refractivity contribution is 5.82. The monoisotopic (exact) mass is 452 g/mol. The highest BCUT2D eigenvalue weighted by atomic mass is 16.6. The summed E-state index contributed by atoms with van der Waals surface area (Å²) in [5, 5.41) is 6.39. The van der Waals surface area contributed by atoms with Crippen LogP contribution in [0.25, 0.3) is 0 Å². The Morgan fingerprint density at radius 2 is 1.61 bits per heavy atom. The molecule has 0 spiro atoms. The van der Waals surface area contributed by atoms with Gasteiger partial charge in [-0.05, 0) is 30.4 Å². The lowest BCUT2D eigenvalue weighted by Crippen LogP contribution is -2.55. The molecular formula is C25H32N4O4. The van der Waals surface area contributed by atoms with Gasteiger partial charge in [0, 0.05) is 31.7 Å². The quantitative estimate of drug-likeness (QED) is 0.533. The number of hydrogen-bond acceptors (Lipinski definition) is 6. The standard InChI is InChI=1S/C25H32N4O4/c30-24(23-12-11-21(15-26-23)28-33-18-20-9-5-2-6-10-20)27-22-13-14-29(16-22)25(31)32-17-19-7-3-1-4-8-19/h1-10,21-23,26,28H,11-18H2,(H,27,30)/t21-,22?,23?/m0/s1. The van der Waals surface area contributed by atoms with Gasteiger partial charge < -0.3 is 20.3 Å². The second-order valence-electron chi connectivity index (χ2n) is 8.61. The van der Waals surface area contributed by atoms with E-state index in [0.29, 0.717) is 26.2 Å². The van der Waals surface area contributed by atoms with Crippen LogP contribution in [-0.4, -0.2) is 54.7 Å². The van der Waals surface area contributed by atoms with Gasteiger partial charge in [-0.1, -0.05) is 60.7 Å². The summed E-state index contributed by atoms with van der Waals surface area (Å²) >= 11 is 0. The number of nitrogens with one attached hydrogen (secondary N) is 3. The molecule has 2 saturated heterocycles. The molecule has 3 atom stereocenters. The number of carbonyl (C=O) groups is 2. The molecular weight excluding hydrogens is 420 g/mol. The van der Waals surface area contributed by atoms with Crippen LogP contribution in [-0.2, 0) is 27.6 Å². The lowest BCUT2D eigenvalue weighted by atomic mass is 10.0. The average molecular weight is 453 g/mol. The summed E-state index contributed by atoms with van der Waals surface area (Å²) in [6.07, 6.45) is 1.97. The topological polar surface area (TPSA) is 91.9 Å². The van der Waals surface area contributed by atoms with Crippen molar-refractivity contribution in [3.63, 3.8) is 0 Å². The van der Waals surface area contributed by atoms with E-state index in [4.69, 9.17) is 9.57 Å². The first-order valence-electron chi connectivity index (χ1n) is 11.6. The van der Waals surface area contributed by atoms with E-state index < -0.39 is 0 Å². The molecule has 0 aromatic heterocycles. The van der Waals surface area contributed by atoms with Crippen LogP contribution in [0.3, 0.4) is 0 Å². The van der Waals surface area contributed by atoms with Crippen LogP contribution in [0.15, 0.2) is 60.7 Å². The lowest BCUT2D eigenvalue weighted by Gasteiger charge is -2.30. The first-order chi connectivity index (χ1) is 16.2. The number of carbonyl (C=O) groups excluding carboxylic acids is 2. The van der Waals surface area contributed by atoms with Gasteiger partial charge >= 0.3 is 6.09 Å². The number of benzene rings is 2. The molecule has 33 heavy (non-hydrogen) atoms. The van der Waals surface area contributed by atoms with E-state index in [-0.39, 0.29) is 36.7 Å². The second-order valence-corrected chi connectivity index (χ2v) is 8.61. The molecule has 0 aliphatic carbocycles. The van der Waals surface area contributed by atoms with E-state index in [0.717, 1.165) is 30.4 Å². The smallest absolute Gasteiger partial charge is 0.410 e. The Hall–Kier alpha value is -2.94. The number of likely N-dealkylation sites (tertiary alicyclic amines) is 1. The summed E-state index contributed by atoms with van der Waals surface area (Å²) in [6.45, 7) is 2.48. The molecule has 2 aromatic rings. The summed E-state index contributed by atoms with van der Waals surface area (Å²) in [6, 6.07) is 19.5. The number of rotatable bonds is 8. The van der Waals surface area contributed by atoms with Crippen molar-refractivity contribution in [3.05, 3.63) is 71.8 Å². The van der Waals surface area contributed by atoms with Crippen molar-refractivity contribution in [2.24, 2.45) is 0 Å². The zero-order valence-corrected chi connectivity index (χ0v) is 18.7. The van der Waals surface area contributed by atoms with Crippen molar-refractivity contribution in [3.8, 4) is 0 Å². The summed E-state index contributed by atoms with van der Waals surface area (Å²) < 4.78 is 5.40. The van der Waals surface area contributed by atoms with E-state index in [1.807, 2.05) is 60.7 Å². The Morgan fingerprint density at radius 1 is 0.909 bits per heavy atom. The summed E-state index contributed by atoms with van der Waals surface area (Å²) in [4.78, 5) is 32.3. The molecule has 176 valence electrons. The van der Waals surface area contributed by atoms with Crippen molar-refractivity contribution in [2.45, 2.75) is 50.6 Å². The van der Waals surface area contributed by atoms with Crippen molar-refractivity contribution in [1.29, 1.82) is 0 Å². The summed E-state index contributed by atoms with van der Waals surface area (Å²) in [5.41, 5.74) is 5.16. The number of hydroxylamine groups is 1. The Kier molecular flexibility index (Phi) is 8.30. The summed E-state index contributed by atoms with van der Waals surface area (Å²) in [5.74, 6) is -0.0110. The highest BCUT2D eigenvalue weighted by Crippen LogP contribution is 2.14. The van der Waals surface area contributed by atoms with Crippen LogP contribution in [0.5, 0.6) is 0 Å². The lowest BCUT2D eigenvalue weighted by molar-refractivity contribution is -0.124. The average Bonchev–Trinajstić information content (AvgIpc) is 3.33. The fraction of sp³-hybridized carbons (Fsp3) is 0.440. The largest absolute Gasteiger partial charge is 0.445 e. The molecule has 2 fully saturated rings. The Labute approximate surface area is 194 Å². The number of ether oxygens (including phenoxy) is 1. The Bertz CT molecular complexity index is 888. The molecule has 4 rings (SSSR count). The Morgan fingerprint density at radius 3 is 2.27 bits per heavy atom. The van der Waals surface area contributed by atoms with E-state index in [1.54, 1.807) is 4.90 Å². The fourth-order valence-corrected chi connectivity index (χ4v) is 4.15. The van der Waals surface area contributed by atoms with E-state index in [2.05, 4.69) is 16.1 Å². The van der Waals surface area contributed by atoms with Gasteiger partial charge in [-0.2, -0.15) is 5.48 Å². The highest BCUT2D eigenvalue weighted by Gasteiger charge is 2.31. The number of amides is 2. The van der Waals surface area contributed by atoms with Crippen molar-refractivity contribution < 1.29 is 19.2 Å². The molecule has 0 bridgehead atoms. The Balaban J connectivity index is 1.11. The third-order valence-corrected chi connectivity index (χ3v) is 6.06. The van der Waals surface area contributed by atoms with Crippen LogP contribution in [0, 0.1) is 0 Å². The number of piperidine rings is 1. The van der Waals surface area contributed by atoms with Crippen LogP contribution in [0.2, 0.25) is 0 Å². The van der Waals surface area contributed by atoms with Gasteiger partial charge in [0.15, 0.2) is 0 Å². The van der Waals surface area contributed by atoms with E-state index in [1.165, 1.54) is 0 Å². The van der Waals surface area contributed by atoms with Gasteiger partial charge in [-0.25, -0.2) is 4.79 Å². The summed E-state index contributed by atoms with van der Waals surface area (Å²) in [7, 11) is 0. The van der Waals surface area contributed by atoms with Gasteiger partial charge in [-0.3, -0.25) is 9.63 Å². The predicted octanol–water partition coefficient (Wildman–Crippen LogP) is 2.36. The molecule has 2 amide bonds. The maximum absolute atomic E-state index is 12.7. The SMILES string of the molecule is O=C(NC1CCN(C(=O)OCc2ccccc2)C1)C1CC[C@H](NOCc2ccccc2)CN1. The predicted molar refractivity (Wildman–Crippen MR) is 124 cm³/mol. The molecule has 2 aliphatic rings. The zero-order valence-electron chi connectivity index (χ0n) is 18.7. The van der Waals surface area contributed by atoms with Crippen LogP contribution in [0.1, 0.15) is 30.4 Å². The molecule has 2 aromatic carbocycles. The van der Waals surface area contributed by atoms with Crippen molar-refractivity contribution in [1.82, 2.24) is 21.0 Å². The van der Waals surface area contributed by atoms with Gasteiger partial charge in [0.2, 0.25) is 5.91 Å². The van der Waals surface area contributed by atoms with Crippen LogP contribution >= 0.6 is 0 Å². The maximum atomic E-state index is 12.7. The normalized spacial score (nSPS) is 22.7. The third-order valence-electron chi connectivity index (χ3n) is 6.06. The zero-order chi connectivity index (χ0) is 22.9. The second kappa shape index (κ2) is 11.8. The third kappa shape index (κ3) is 7.02. The molecule has 3 N–H and O–H groups in total. The molecule has 8 heteroatoms. The van der Waals surface area contributed by atoms with Crippen LogP contribution < -0.4 is 16.1 Å².